The Morgan fingerprint density at radius 3 is 2.55 bits per heavy atom. The van der Waals surface area contributed by atoms with Gasteiger partial charge < -0.3 is 21.1 Å². The summed E-state index contributed by atoms with van der Waals surface area (Å²) in [7, 11) is 1.58. The Morgan fingerprint density at radius 2 is 2.10 bits per heavy atom. The van der Waals surface area contributed by atoms with Gasteiger partial charge in [0.05, 0.1) is 24.1 Å². The maximum atomic E-state index is 11.9. The highest BCUT2D eigenvalue weighted by atomic mass is 16.4. The Kier molecular flexibility index (Phi) is 5.31. The molecule has 7 nitrogen and oxygen atoms in total. The number of hydrogen-bond donors (Lipinski definition) is 3. The Hall–Kier alpha value is -2.31. The standard InChI is InChI=1S/C13H20N4O3/c1-8(2)11(12(18)19)16-13(20)17(3)7-10-5-4-9(14)6-15-10/h4-6,8,11H,7,14H2,1-3H3,(H,16,20)(H,18,19)/t11-/m0/s1. The molecular weight excluding hydrogens is 260 g/mol. The number of aromatic nitrogens is 1. The van der Waals surface area contributed by atoms with E-state index in [0.29, 0.717) is 11.4 Å². The SMILES string of the molecule is CC(C)[C@H](NC(=O)N(C)Cc1ccc(N)cn1)C(=O)O. The second-order valence-electron chi connectivity index (χ2n) is 4.95. The van der Waals surface area contributed by atoms with Crippen LogP contribution in [-0.4, -0.2) is 40.1 Å². The van der Waals surface area contributed by atoms with Crippen molar-refractivity contribution in [3.63, 3.8) is 0 Å². The largest absolute Gasteiger partial charge is 0.480 e. The molecule has 110 valence electrons. The van der Waals surface area contributed by atoms with Crippen LogP contribution in [0.4, 0.5) is 10.5 Å². The van der Waals surface area contributed by atoms with Gasteiger partial charge in [-0.2, -0.15) is 0 Å². The van der Waals surface area contributed by atoms with E-state index in [1.54, 1.807) is 33.0 Å². The molecule has 4 N–H and O–H groups in total. The van der Waals surface area contributed by atoms with Gasteiger partial charge in [0.1, 0.15) is 6.04 Å². The van der Waals surface area contributed by atoms with Gasteiger partial charge in [0.25, 0.3) is 0 Å². The number of amides is 2. The van der Waals surface area contributed by atoms with E-state index in [0.717, 1.165) is 0 Å². The lowest BCUT2D eigenvalue weighted by atomic mass is 10.1. The maximum Gasteiger partial charge on any atom is 0.326 e. The Morgan fingerprint density at radius 1 is 1.45 bits per heavy atom. The van der Waals surface area contributed by atoms with Crippen LogP contribution in [0, 0.1) is 5.92 Å². The minimum atomic E-state index is -1.05. The number of nitrogens with two attached hydrogens (primary N) is 1. The summed E-state index contributed by atoms with van der Waals surface area (Å²) in [6.45, 7) is 3.75. The second-order valence-corrected chi connectivity index (χ2v) is 4.95. The summed E-state index contributed by atoms with van der Waals surface area (Å²) < 4.78 is 0. The lowest BCUT2D eigenvalue weighted by Gasteiger charge is -2.23. The normalized spacial score (nSPS) is 12.0. The molecule has 0 bridgehead atoms. The maximum absolute atomic E-state index is 11.9. The van der Waals surface area contributed by atoms with E-state index in [-0.39, 0.29) is 12.5 Å². The van der Waals surface area contributed by atoms with Crippen molar-refractivity contribution < 1.29 is 14.7 Å². The van der Waals surface area contributed by atoms with E-state index in [1.807, 2.05) is 0 Å². The minimum Gasteiger partial charge on any atom is -0.480 e. The molecule has 0 saturated carbocycles. The lowest BCUT2D eigenvalue weighted by Crippen LogP contribution is -2.48. The summed E-state index contributed by atoms with van der Waals surface area (Å²) in [5.41, 5.74) is 6.75. The summed E-state index contributed by atoms with van der Waals surface area (Å²) in [6.07, 6.45) is 1.51. The third-order valence-corrected chi connectivity index (χ3v) is 2.81. The number of rotatable bonds is 5. The number of nitrogens with zero attached hydrogens (tertiary/aromatic N) is 2. The monoisotopic (exact) mass is 280 g/mol. The number of nitrogen functional groups attached to an aromatic ring is 1. The number of carbonyl (C=O) groups excluding carboxylic acids is 1. The molecule has 1 rings (SSSR count). The number of urea groups is 1. The zero-order valence-electron chi connectivity index (χ0n) is 11.8. The van der Waals surface area contributed by atoms with Gasteiger partial charge in [-0.05, 0) is 18.1 Å². The van der Waals surface area contributed by atoms with E-state index >= 15 is 0 Å². The molecule has 0 saturated heterocycles. The highest BCUT2D eigenvalue weighted by molar-refractivity contribution is 5.82. The molecule has 1 aromatic heterocycles. The van der Waals surface area contributed by atoms with Crippen LogP contribution < -0.4 is 11.1 Å². The number of carboxylic acid groups (broad SMARTS) is 1. The Balaban J connectivity index is 2.62. The molecule has 0 radical (unpaired) electrons. The third kappa shape index (κ3) is 4.42. The van der Waals surface area contributed by atoms with Crippen LogP contribution in [0.2, 0.25) is 0 Å². The van der Waals surface area contributed by atoms with Crippen molar-refractivity contribution in [2.75, 3.05) is 12.8 Å². The molecule has 1 aromatic rings. The van der Waals surface area contributed by atoms with Crippen LogP contribution in [0.25, 0.3) is 0 Å². The van der Waals surface area contributed by atoms with E-state index in [1.165, 1.54) is 11.1 Å². The minimum absolute atomic E-state index is 0.195. The fourth-order valence-electron chi connectivity index (χ4n) is 1.60. The van der Waals surface area contributed by atoms with Gasteiger partial charge in [-0.1, -0.05) is 13.8 Å². The average molecular weight is 280 g/mol. The number of carboxylic acids is 1. The molecule has 0 aromatic carbocycles. The van der Waals surface area contributed by atoms with Crippen molar-refractivity contribution in [3.05, 3.63) is 24.0 Å². The highest BCUT2D eigenvalue weighted by Crippen LogP contribution is 2.06. The highest BCUT2D eigenvalue weighted by Gasteiger charge is 2.24. The molecule has 0 unspecified atom stereocenters. The molecule has 1 heterocycles. The van der Waals surface area contributed by atoms with Gasteiger partial charge >= 0.3 is 12.0 Å². The zero-order valence-corrected chi connectivity index (χ0v) is 11.8. The van der Waals surface area contributed by atoms with Crippen LogP contribution in [0.1, 0.15) is 19.5 Å². The first-order valence-electron chi connectivity index (χ1n) is 6.26. The Labute approximate surface area is 117 Å². The predicted octanol–water partition coefficient (Wildman–Crippen LogP) is 0.914. The van der Waals surface area contributed by atoms with Gasteiger partial charge in [0.15, 0.2) is 0 Å². The number of aliphatic carboxylic acids is 1. The third-order valence-electron chi connectivity index (χ3n) is 2.81. The smallest absolute Gasteiger partial charge is 0.326 e. The second kappa shape index (κ2) is 6.74. The van der Waals surface area contributed by atoms with Gasteiger partial charge in [-0.25, -0.2) is 9.59 Å². The molecular formula is C13H20N4O3. The van der Waals surface area contributed by atoms with Gasteiger partial charge in [0, 0.05) is 7.05 Å². The van der Waals surface area contributed by atoms with E-state index in [2.05, 4.69) is 10.3 Å². The predicted molar refractivity (Wildman–Crippen MR) is 74.9 cm³/mol. The first-order valence-corrected chi connectivity index (χ1v) is 6.26. The molecule has 0 spiro atoms. The van der Waals surface area contributed by atoms with Crippen LogP contribution >= 0.6 is 0 Å². The fraction of sp³-hybridized carbons (Fsp3) is 0.462. The fourth-order valence-corrected chi connectivity index (χ4v) is 1.60. The van der Waals surface area contributed by atoms with Crippen molar-refractivity contribution in [2.24, 2.45) is 5.92 Å². The first-order chi connectivity index (χ1) is 9.31. The van der Waals surface area contributed by atoms with Crippen molar-refractivity contribution in [3.8, 4) is 0 Å². The van der Waals surface area contributed by atoms with Crippen LogP contribution in [-0.2, 0) is 11.3 Å². The summed E-state index contributed by atoms with van der Waals surface area (Å²) in [4.78, 5) is 28.4. The molecule has 0 aliphatic rings. The van der Waals surface area contributed by atoms with E-state index in [9.17, 15) is 9.59 Å². The average Bonchev–Trinajstić information content (AvgIpc) is 2.37. The summed E-state index contributed by atoms with van der Waals surface area (Å²) in [5.74, 6) is -1.24. The van der Waals surface area contributed by atoms with Gasteiger partial charge in [-0.3, -0.25) is 4.98 Å². The van der Waals surface area contributed by atoms with Crippen molar-refractivity contribution in [1.29, 1.82) is 0 Å². The molecule has 20 heavy (non-hydrogen) atoms. The van der Waals surface area contributed by atoms with Crippen molar-refractivity contribution >= 4 is 17.7 Å². The van der Waals surface area contributed by atoms with Gasteiger partial charge in [0.2, 0.25) is 0 Å². The Bertz CT molecular complexity index is 473. The number of carbonyl (C=O) groups is 2. The topological polar surface area (TPSA) is 109 Å². The summed E-state index contributed by atoms with van der Waals surface area (Å²) in [5, 5.41) is 11.5. The quantitative estimate of drug-likeness (QED) is 0.743. The molecule has 0 aliphatic carbocycles. The summed E-state index contributed by atoms with van der Waals surface area (Å²) in [6, 6.07) is 2.05. The van der Waals surface area contributed by atoms with Crippen LogP contribution in [0.5, 0.6) is 0 Å². The van der Waals surface area contributed by atoms with E-state index < -0.39 is 18.0 Å². The van der Waals surface area contributed by atoms with Crippen LogP contribution in [0.3, 0.4) is 0 Å². The van der Waals surface area contributed by atoms with Crippen molar-refractivity contribution in [2.45, 2.75) is 26.4 Å². The number of anilines is 1. The number of hydrogen-bond acceptors (Lipinski definition) is 4. The van der Waals surface area contributed by atoms with Crippen LogP contribution in [0.15, 0.2) is 18.3 Å². The first kappa shape index (κ1) is 15.7. The van der Waals surface area contributed by atoms with E-state index in [4.69, 9.17) is 10.8 Å². The number of pyridine rings is 1. The lowest BCUT2D eigenvalue weighted by molar-refractivity contribution is -0.140. The van der Waals surface area contributed by atoms with Crippen molar-refractivity contribution in [1.82, 2.24) is 15.2 Å². The zero-order chi connectivity index (χ0) is 15.3. The molecule has 7 heteroatoms. The molecule has 0 aliphatic heterocycles. The molecule has 1 atom stereocenters. The van der Waals surface area contributed by atoms with Gasteiger partial charge in [-0.15, -0.1) is 0 Å². The molecule has 2 amide bonds. The number of nitrogens with one attached hydrogen (secondary N) is 1. The summed E-state index contributed by atoms with van der Waals surface area (Å²) >= 11 is 0. The molecule has 0 fully saturated rings.